The van der Waals surface area contributed by atoms with Gasteiger partial charge in [0.05, 0.1) is 0 Å². The van der Waals surface area contributed by atoms with Gasteiger partial charge in [-0.3, -0.25) is 9.59 Å². The maximum atomic E-state index is 10.9. The molecular formula is C7H5ClN2O4S. The number of carbonyl (C=O) groups is 3. The van der Waals surface area contributed by atoms with Crippen LogP contribution in [0.4, 0.5) is 5.13 Å². The average molecular weight is 249 g/mol. The number of aliphatic carboxylic acids is 1. The number of hydrogen-bond donors (Lipinski definition) is 2. The van der Waals surface area contributed by atoms with Gasteiger partial charge in [0, 0.05) is 5.38 Å². The molecule has 6 nitrogen and oxygen atoms in total. The third kappa shape index (κ3) is 3.00. The third-order valence-electron chi connectivity index (χ3n) is 1.30. The van der Waals surface area contributed by atoms with Gasteiger partial charge in [-0.05, 0) is 0 Å². The number of halogens is 1. The van der Waals surface area contributed by atoms with Crippen molar-refractivity contribution in [3.63, 3.8) is 0 Å². The van der Waals surface area contributed by atoms with Crippen LogP contribution in [0.3, 0.4) is 0 Å². The van der Waals surface area contributed by atoms with Crippen LogP contribution < -0.4 is 5.32 Å². The molecule has 0 saturated heterocycles. The van der Waals surface area contributed by atoms with Crippen LogP contribution in [0.25, 0.3) is 0 Å². The summed E-state index contributed by atoms with van der Waals surface area (Å²) in [7, 11) is 0. The molecule has 1 rings (SSSR count). The van der Waals surface area contributed by atoms with E-state index in [1.807, 2.05) is 0 Å². The number of amides is 1. The minimum Gasteiger partial charge on any atom is -0.475 e. The van der Waals surface area contributed by atoms with Gasteiger partial charge in [-0.2, -0.15) is 0 Å². The van der Waals surface area contributed by atoms with Crippen LogP contribution in [0.5, 0.6) is 0 Å². The van der Waals surface area contributed by atoms with E-state index in [0.29, 0.717) is 0 Å². The fourth-order valence-electron chi connectivity index (χ4n) is 0.698. The second kappa shape index (κ2) is 4.85. The standard InChI is InChI=1S/C7H5ClN2O4S/c8-1-4(11)10-7-9-3(2-15-7)5(12)6(13)14/h2H,1H2,(H,13,14)(H,9,10,11). The van der Waals surface area contributed by atoms with Crippen molar-refractivity contribution in [2.45, 2.75) is 0 Å². The Bertz CT molecular complexity index is 417. The van der Waals surface area contributed by atoms with Gasteiger partial charge in [-0.1, -0.05) is 0 Å². The summed E-state index contributed by atoms with van der Waals surface area (Å²) in [6.45, 7) is 0. The van der Waals surface area contributed by atoms with Gasteiger partial charge in [-0.15, -0.1) is 22.9 Å². The van der Waals surface area contributed by atoms with Crippen molar-refractivity contribution in [2.75, 3.05) is 11.2 Å². The lowest BCUT2D eigenvalue weighted by Crippen LogP contribution is -2.15. The van der Waals surface area contributed by atoms with Crippen LogP contribution >= 0.6 is 22.9 Å². The average Bonchev–Trinajstić information content (AvgIpc) is 2.64. The van der Waals surface area contributed by atoms with Gasteiger partial charge in [0.15, 0.2) is 5.13 Å². The number of anilines is 1. The summed E-state index contributed by atoms with van der Waals surface area (Å²) in [6.07, 6.45) is 0. The summed E-state index contributed by atoms with van der Waals surface area (Å²) < 4.78 is 0. The highest BCUT2D eigenvalue weighted by atomic mass is 35.5. The summed E-state index contributed by atoms with van der Waals surface area (Å²) in [6, 6.07) is 0. The lowest BCUT2D eigenvalue weighted by atomic mass is 10.3. The van der Waals surface area contributed by atoms with E-state index >= 15 is 0 Å². The van der Waals surface area contributed by atoms with Crippen molar-refractivity contribution < 1.29 is 19.5 Å². The fourth-order valence-corrected chi connectivity index (χ4v) is 1.47. The number of Topliss-reactive ketones (excluding diaryl/α,β-unsaturated/α-hetero) is 1. The first-order valence-electron chi connectivity index (χ1n) is 3.63. The summed E-state index contributed by atoms with van der Waals surface area (Å²) in [4.78, 5) is 35.6. The van der Waals surface area contributed by atoms with E-state index in [1.165, 1.54) is 5.38 Å². The third-order valence-corrected chi connectivity index (χ3v) is 2.30. The van der Waals surface area contributed by atoms with Gasteiger partial charge < -0.3 is 10.4 Å². The molecule has 0 radical (unpaired) electrons. The van der Waals surface area contributed by atoms with Crippen LogP contribution in [0.1, 0.15) is 10.5 Å². The van der Waals surface area contributed by atoms with Gasteiger partial charge in [0.25, 0.3) is 5.78 Å². The van der Waals surface area contributed by atoms with Crippen LogP contribution in [0.15, 0.2) is 5.38 Å². The molecule has 0 saturated carbocycles. The first-order chi connectivity index (χ1) is 7.04. The first-order valence-corrected chi connectivity index (χ1v) is 5.05. The molecular weight excluding hydrogens is 244 g/mol. The largest absolute Gasteiger partial charge is 0.475 e. The molecule has 15 heavy (non-hydrogen) atoms. The van der Waals surface area contributed by atoms with Gasteiger partial charge in [0.1, 0.15) is 11.6 Å². The number of aromatic nitrogens is 1. The Morgan fingerprint density at radius 2 is 2.20 bits per heavy atom. The number of thiazole rings is 1. The molecule has 0 atom stereocenters. The smallest absolute Gasteiger partial charge is 0.378 e. The van der Waals surface area contributed by atoms with Crippen LogP contribution in [-0.4, -0.2) is 33.6 Å². The molecule has 8 heteroatoms. The minimum absolute atomic E-state index is 0.144. The van der Waals surface area contributed by atoms with E-state index in [9.17, 15) is 14.4 Å². The molecule has 1 amide bonds. The minimum atomic E-state index is -1.59. The number of rotatable bonds is 4. The summed E-state index contributed by atoms with van der Waals surface area (Å²) >= 11 is 6.18. The van der Waals surface area contributed by atoms with E-state index in [1.54, 1.807) is 0 Å². The molecule has 0 aliphatic rings. The molecule has 0 aliphatic heterocycles. The molecule has 1 heterocycles. The van der Waals surface area contributed by atoms with E-state index in [-0.39, 0.29) is 16.7 Å². The maximum Gasteiger partial charge on any atom is 0.378 e. The van der Waals surface area contributed by atoms with Gasteiger partial charge >= 0.3 is 5.97 Å². The zero-order chi connectivity index (χ0) is 11.4. The van der Waals surface area contributed by atoms with E-state index in [0.717, 1.165) is 11.3 Å². The quantitative estimate of drug-likeness (QED) is 0.462. The highest BCUT2D eigenvalue weighted by Gasteiger charge is 2.18. The Labute approximate surface area is 92.9 Å². The second-order valence-electron chi connectivity index (χ2n) is 2.35. The highest BCUT2D eigenvalue weighted by molar-refractivity contribution is 7.14. The highest BCUT2D eigenvalue weighted by Crippen LogP contribution is 2.15. The number of nitrogens with zero attached hydrogens (tertiary/aromatic N) is 1. The Hall–Kier alpha value is -1.47. The van der Waals surface area contributed by atoms with Crippen LogP contribution in [-0.2, 0) is 9.59 Å². The Morgan fingerprint density at radius 1 is 1.53 bits per heavy atom. The number of nitrogens with one attached hydrogen (secondary N) is 1. The zero-order valence-corrected chi connectivity index (χ0v) is 8.76. The summed E-state index contributed by atoms with van der Waals surface area (Å²) in [5.74, 6) is -3.41. The number of alkyl halides is 1. The fraction of sp³-hybridized carbons (Fsp3) is 0.143. The topological polar surface area (TPSA) is 96.4 Å². The van der Waals surface area contributed by atoms with Crippen molar-refractivity contribution in [2.24, 2.45) is 0 Å². The summed E-state index contributed by atoms with van der Waals surface area (Å²) in [5.41, 5.74) is -0.211. The lowest BCUT2D eigenvalue weighted by molar-refractivity contribution is -0.131. The molecule has 0 aromatic carbocycles. The van der Waals surface area contributed by atoms with Crippen molar-refractivity contribution in [3.05, 3.63) is 11.1 Å². The molecule has 1 aromatic rings. The zero-order valence-electron chi connectivity index (χ0n) is 7.19. The van der Waals surface area contributed by atoms with Crippen LogP contribution in [0.2, 0.25) is 0 Å². The Morgan fingerprint density at radius 3 is 2.73 bits per heavy atom. The lowest BCUT2D eigenvalue weighted by Gasteiger charge is -1.94. The molecule has 0 spiro atoms. The van der Waals surface area contributed by atoms with Gasteiger partial charge in [-0.25, -0.2) is 9.78 Å². The van der Waals surface area contributed by atoms with Crippen molar-refractivity contribution in [3.8, 4) is 0 Å². The predicted molar refractivity (Wildman–Crippen MR) is 53.4 cm³/mol. The van der Waals surface area contributed by atoms with E-state index in [4.69, 9.17) is 16.7 Å². The number of carboxylic acid groups (broad SMARTS) is 1. The van der Waals surface area contributed by atoms with E-state index in [2.05, 4.69) is 10.3 Å². The first kappa shape index (κ1) is 11.6. The number of ketones is 1. The Balaban J connectivity index is 2.76. The SMILES string of the molecule is O=C(CCl)Nc1nc(C(=O)C(=O)O)cs1. The number of hydrogen-bond acceptors (Lipinski definition) is 5. The molecule has 1 aromatic heterocycles. The number of carbonyl (C=O) groups excluding carboxylic acids is 2. The summed E-state index contributed by atoms with van der Waals surface area (Å²) in [5, 5.41) is 12.1. The van der Waals surface area contributed by atoms with Crippen molar-refractivity contribution in [1.29, 1.82) is 0 Å². The Kier molecular flexibility index (Phi) is 3.75. The monoisotopic (exact) mass is 248 g/mol. The maximum absolute atomic E-state index is 10.9. The molecule has 0 bridgehead atoms. The normalized spacial score (nSPS) is 9.67. The predicted octanol–water partition coefficient (Wildman–Crippen LogP) is 0.588. The van der Waals surface area contributed by atoms with E-state index < -0.39 is 17.7 Å². The molecule has 0 fully saturated rings. The van der Waals surface area contributed by atoms with Crippen molar-refractivity contribution >= 4 is 45.7 Å². The molecule has 80 valence electrons. The van der Waals surface area contributed by atoms with Gasteiger partial charge in [0.2, 0.25) is 5.91 Å². The van der Waals surface area contributed by atoms with Crippen molar-refractivity contribution in [1.82, 2.24) is 4.98 Å². The van der Waals surface area contributed by atoms with Crippen LogP contribution in [0, 0.1) is 0 Å². The molecule has 2 N–H and O–H groups in total. The molecule has 0 unspecified atom stereocenters. The molecule has 0 aliphatic carbocycles. The number of carboxylic acids is 1. The second-order valence-corrected chi connectivity index (χ2v) is 3.48.